The maximum atomic E-state index is 12.6. The summed E-state index contributed by atoms with van der Waals surface area (Å²) in [6, 6.07) is 13.7. The molecule has 2 heterocycles. The molecule has 0 spiro atoms. The lowest BCUT2D eigenvalue weighted by molar-refractivity contribution is -0.136. The third-order valence-corrected chi connectivity index (χ3v) is 6.57. The van der Waals surface area contributed by atoms with Crippen LogP contribution in [-0.2, 0) is 37.5 Å². The average molecular weight is 475 g/mol. The Balaban J connectivity index is 1.54. The lowest BCUT2D eigenvalue weighted by atomic mass is 10.2. The van der Waals surface area contributed by atoms with E-state index < -0.39 is 21.7 Å². The van der Waals surface area contributed by atoms with E-state index in [2.05, 4.69) is 15.7 Å². The first-order valence-corrected chi connectivity index (χ1v) is 11.7. The molecule has 0 saturated heterocycles. The second-order valence-electron chi connectivity index (χ2n) is 7.18. The van der Waals surface area contributed by atoms with Gasteiger partial charge in [-0.1, -0.05) is 29.8 Å². The van der Waals surface area contributed by atoms with Crippen molar-refractivity contribution in [2.45, 2.75) is 18.1 Å². The number of anilines is 1. The van der Waals surface area contributed by atoms with Crippen molar-refractivity contribution in [1.29, 1.82) is 0 Å². The van der Waals surface area contributed by atoms with E-state index >= 15 is 0 Å². The van der Waals surface area contributed by atoms with Gasteiger partial charge in [0.2, 0.25) is 0 Å². The molecule has 0 aliphatic carbocycles. The lowest BCUT2D eigenvalue weighted by Crippen LogP contribution is -2.35. The van der Waals surface area contributed by atoms with Crippen molar-refractivity contribution in [3.05, 3.63) is 70.4 Å². The molecule has 1 aliphatic rings. The highest BCUT2D eigenvalue weighted by atomic mass is 35.5. The Hall–Kier alpha value is -3.37. The largest absolute Gasteiger partial charge is 0.497 e. The average Bonchev–Trinajstić information content (AvgIpc) is 3.24. The second-order valence-corrected chi connectivity index (χ2v) is 9.68. The number of ether oxygens (including phenoxy) is 1. The third kappa shape index (κ3) is 4.61. The maximum Gasteiger partial charge on any atom is 0.314 e. The van der Waals surface area contributed by atoms with E-state index in [4.69, 9.17) is 16.3 Å². The van der Waals surface area contributed by atoms with Crippen molar-refractivity contribution >= 4 is 39.1 Å². The molecule has 0 unspecified atom stereocenters. The van der Waals surface area contributed by atoms with Crippen LogP contribution in [0.2, 0.25) is 5.02 Å². The zero-order valence-corrected chi connectivity index (χ0v) is 18.5. The molecule has 2 aromatic carbocycles. The number of benzene rings is 2. The normalized spacial score (nSPS) is 13.9. The number of sulfone groups is 1. The molecular formula is C21H19ClN4O5S. The number of aromatic nitrogens is 2. The SMILES string of the molecule is COc1ccc(CNC(=O)C(=O)Nc2c3c(nn2-c2cccc(Cl)c2)CS(=O)(=O)C3)cc1. The van der Waals surface area contributed by atoms with E-state index in [0.717, 1.165) is 5.56 Å². The van der Waals surface area contributed by atoms with Gasteiger partial charge in [-0.05, 0) is 35.9 Å². The number of methoxy groups -OCH3 is 1. The summed E-state index contributed by atoms with van der Waals surface area (Å²) in [5.74, 6) is -1.50. The van der Waals surface area contributed by atoms with E-state index in [0.29, 0.717) is 27.7 Å². The highest BCUT2D eigenvalue weighted by Gasteiger charge is 2.33. The monoisotopic (exact) mass is 474 g/mol. The van der Waals surface area contributed by atoms with Crippen LogP contribution >= 0.6 is 11.6 Å². The van der Waals surface area contributed by atoms with Crippen molar-refractivity contribution in [1.82, 2.24) is 15.1 Å². The van der Waals surface area contributed by atoms with Gasteiger partial charge >= 0.3 is 11.8 Å². The van der Waals surface area contributed by atoms with Gasteiger partial charge in [0.05, 0.1) is 30.0 Å². The molecule has 32 heavy (non-hydrogen) atoms. The number of carbonyl (C=O) groups is 2. The summed E-state index contributed by atoms with van der Waals surface area (Å²) in [7, 11) is -1.81. The minimum Gasteiger partial charge on any atom is -0.497 e. The van der Waals surface area contributed by atoms with Gasteiger partial charge < -0.3 is 15.4 Å². The summed E-state index contributed by atoms with van der Waals surface area (Å²) in [6.45, 7) is 0.135. The number of carbonyl (C=O) groups excluding carboxylic acids is 2. The molecular weight excluding hydrogens is 456 g/mol. The quantitative estimate of drug-likeness (QED) is 0.547. The van der Waals surface area contributed by atoms with Crippen molar-refractivity contribution in [2.24, 2.45) is 0 Å². The molecule has 2 N–H and O–H groups in total. The van der Waals surface area contributed by atoms with Crippen molar-refractivity contribution in [3.8, 4) is 11.4 Å². The van der Waals surface area contributed by atoms with Crippen molar-refractivity contribution < 1.29 is 22.7 Å². The molecule has 1 aromatic heterocycles. The van der Waals surface area contributed by atoms with Crippen LogP contribution < -0.4 is 15.4 Å². The summed E-state index contributed by atoms with van der Waals surface area (Å²) in [5.41, 5.74) is 2.00. The molecule has 0 radical (unpaired) electrons. The number of nitrogens with zero attached hydrogens (tertiary/aromatic N) is 2. The summed E-state index contributed by atoms with van der Waals surface area (Å²) in [4.78, 5) is 25.0. The Labute approximate surface area is 189 Å². The number of hydrogen-bond donors (Lipinski definition) is 2. The molecule has 0 fully saturated rings. The van der Waals surface area contributed by atoms with Crippen LogP contribution in [0, 0.1) is 0 Å². The van der Waals surface area contributed by atoms with Gasteiger partial charge in [0, 0.05) is 17.1 Å². The molecule has 0 saturated carbocycles. The fourth-order valence-corrected chi connectivity index (χ4v) is 5.01. The summed E-state index contributed by atoms with van der Waals surface area (Å²) >= 11 is 6.07. The zero-order chi connectivity index (χ0) is 22.9. The summed E-state index contributed by atoms with van der Waals surface area (Å²) in [5, 5.41) is 9.85. The summed E-state index contributed by atoms with van der Waals surface area (Å²) in [6.07, 6.45) is 0. The third-order valence-electron chi connectivity index (χ3n) is 4.89. The molecule has 0 atom stereocenters. The van der Waals surface area contributed by atoms with Gasteiger partial charge in [-0.25, -0.2) is 13.1 Å². The van der Waals surface area contributed by atoms with E-state index in [1.807, 2.05) is 0 Å². The predicted octanol–water partition coefficient (Wildman–Crippen LogP) is 2.22. The molecule has 11 heteroatoms. The van der Waals surface area contributed by atoms with Crippen LogP contribution in [0.15, 0.2) is 48.5 Å². The van der Waals surface area contributed by atoms with Gasteiger partial charge in [0.1, 0.15) is 11.6 Å². The second kappa shape index (κ2) is 8.64. The molecule has 4 rings (SSSR count). The van der Waals surface area contributed by atoms with E-state index in [1.54, 1.807) is 55.6 Å². The molecule has 166 valence electrons. The number of hydrogen-bond acceptors (Lipinski definition) is 6. The van der Waals surface area contributed by atoms with Crippen LogP contribution in [0.4, 0.5) is 5.82 Å². The topological polar surface area (TPSA) is 119 Å². The first kappa shape index (κ1) is 21.8. The molecule has 0 bridgehead atoms. The Morgan fingerprint density at radius 3 is 2.56 bits per heavy atom. The van der Waals surface area contributed by atoms with E-state index in [1.165, 1.54) is 4.68 Å². The van der Waals surface area contributed by atoms with Crippen LogP contribution in [0.25, 0.3) is 5.69 Å². The maximum absolute atomic E-state index is 12.6. The lowest BCUT2D eigenvalue weighted by Gasteiger charge is -2.11. The fourth-order valence-electron chi connectivity index (χ4n) is 3.34. The van der Waals surface area contributed by atoms with Crippen LogP contribution in [0.5, 0.6) is 5.75 Å². The first-order valence-electron chi connectivity index (χ1n) is 9.55. The van der Waals surface area contributed by atoms with Gasteiger partial charge in [0.15, 0.2) is 9.84 Å². The molecule has 3 aromatic rings. The molecule has 2 amide bonds. The van der Waals surface area contributed by atoms with Crippen molar-refractivity contribution in [2.75, 3.05) is 12.4 Å². The number of fused-ring (bicyclic) bond motifs is 1. The number of nitrogens with one attached hydrogen (secondary N) is 2. The number of halogens is 1. The van der Waals surface area contributed by atoms with E-state index in [-0.39, 0.29) is 23.9 Å². The number of amides is 2. The first-order chi connectivity index (χ1) is 15.3. The predicted molar refractivity (Wildman–Crippen MR) is 118 cm³/mol. The summed E-state index contributed by atoms with van der Waals surface area (Å²) < 4.78 is 30.6. The Kier molecular flexibility index (Phi) is 5.90. The molecule has 1 aliphatic heterocycles. The Bertz CT molecular complexity index is 1300. The zero-order valence-electron chi connectivity index (χ0n) is 17.0. The van der Waals surface area contributed by atoms with Gasteiger partial charge in [-0.15, -0.1) is 0 Å². The highest BCUT2D eigenvalue weighted by molar-refractivity contribution is 7.90. The van der Waals surface area contributed by atoms with Gasteiger partial charge in [0.25, 0.3) is 0 Å². The van der Waals surface area contributed by atoms with Crippen LogP contribution in [0.1, 0.15) is 16.8 Å². The van der Waals surface area contributed by atoms with Crippen molar-refractivity contribution in [3.63, 3.8) is 0 Å². The number of rotatable bonds is 5. The Morgan fingerprint density at radius 1 is 1.12 bits per heavy atom. The van der Waals surface area contributed by atoms with Crippen LogP contribution in [-0.4, -0.2) is 37.1 Å². The smallest absolute Gasteiger partial charge is 0.314 e. The van der Waals surface area contributed by atoms with Gasteiger partial charge in [-0.2, -0.15) is 5.10 Å². The standard InChI is InChI=1S/C21H19ClN4O5S/c1-31-16-7-5-13(6-8-16)10-23-20(27)21(28)24-19-17-11-32(29,30)12-18(17)25-26(19)15-4-2-3-14(22)9-15/h2-9H,10-12H2,1H3,(H,23,27)(H,24,28). The van der Waals surface area contributed by atoms with E-state index in [9.17, 15) is 18.0 Å². The minimum absolute atomic E-state index is 0.132. The van der Waals surface area contributed by atoms with Gasteiger partial charge in [-0.3, -0.25) is 9.59 Å². The molecule has 9 nitrogen and oxygen atoms in total. The fraction of sp³-hybridized carbons (Fsp3) is 0.190. The Morgan fingerprint density at radius 2 is 1.88 bits per heavy atom. The minimum atomic E-state index is -3.36. The highest BCUT2D eigenvalue weighted by Crippen LogP contribution is 2.33. The van der Waals surface area contributed by atoms with Crippen LogP contribution in [0.3, 0.4) is 0 Å².